The van der Waals surface area contributed by atoms with E-state index in [1.165, 1.54) is 23.0 Å². The van der Waals surface area contributed by atoms with E-state index < -0.39 is 16.4 Å². The number of carbonyl (C=O) groups is 1. The Morgan fingerprint density at radius 3 is 2.40 bits per heavy atom. The van der Waals surface area contributed by atoms with Crippen LogP contribution in [0.15, 0.2) is 36.7 Å². The first-order valence-corrected chi connectivity index (χ1v) is 5.86. The fraction of sp³-hybridized carbons (Fsp3) is 0.231. The zero-order valence-corrected chi connectivity index (χ0v) is 11.0. The van der Waals surface area contributed by atoms with Crippen LogP contribution < -0.4 is 0 Å². The second-order valence-corrected chi connectivity index (χ2v) is 4.84. The molecule has 0 aliphatic heterocycles. The molecule has 0 saturated heterocycles. The lowest BCUT2D eigenvalue weighted by Crippen LogP contribution is -2.35. The van der Waals surface area contributed by atoms with Gasteiger partial charge >= 0.3 is 5.97 Å². The zero-order valence-electron chi connectivity index (χ0n) is 11.0. The van der Waals surface area contributed by atoms with Crippen molar-refractivity contribution in [2.75, 3.05) is 0 Å². The van der Waals surface area contributed by atoms with Crippen molar-refractivity contribution >= 4 is 11.7 Å². The highest BCUT2D eigenvalue weighted by Crippen LogP contribution is 2.24. The second kappa shape index (κ2) is 4.76. The van der Waals surface area contributed by atoms with Gasteiger partial charge in [-0.15, -0.1) is 0 Å². The number of hydrogen-bond acceptors (Lipinski definition) is 4. The number of nitrogens with zero attached hydrogens (tertiary/aromatic N) is 3. The molecular formula is C13H13N3O4. The summed E-state index contributed by atoms with van der Waals surface area (Å²) in [5.74, 6) is -0.990. The van der Waals surface area contributed by atoms with Gasteiger partial charge in [-0.3, -0.25) is 14.8 Å². The highest BCUT2D eigenvalue weighted by molar-refractivity contribution is 5.76. The maximum atomic E-state index is 11.2. The Labute approximate surface area is 114 Å². The topological polar surface area (TPSA) is 98.3 Å². The molecule has 20 heavy (non-hydrogen) atoms. The summed E-state index contributed by atoms with van der Waals surface area (Å²) in [7, 11) is 0. The minimum atomic E-state index is -1.15. The van der Waals surface area contributed by atoms with E-state index in [0.717, 1.165) is 5.56 Å². The Hall–Kier alpha value is -2.70. The summed E-state index contributed by atoms with van der Waals surface area (Å²) in [5.41, 5.74) is 0.295. The number of hydrogen-bond donors (Lipinski definition) is 1. The lowest BCUT2D eigenvalue weighted by Gasteiger charge is -2.19. The van der Waals surface area contributed by atoms with Crippen LogP contribution in [0.4, 0.5) is 5.69 Å². The summed E-state index contributed by atoms with van der Waals surface area (Å²) < 4.78 is 1.35. The van der Waals surface area contributed by atoms with E-state index in [-0.39, 0.29) is 5.69 Å². The van der Waals surface area contributed by atoms with Gasteiger partial charge in [0.15, 0.2) is 5.54 Å². The Balaban J connectivity index is 2.34. The van der Waals surface area contributed by atoms with Crippen LogP contribution in [0.2, 0.25) is 0 Å². The molecule has 104 valence electrons. The van der Waals surface area contributed by atoms with E-state index in [9.17, 15) is 14.9 Å². The molecule has 0 aliphatic carbocycles. The third kappa shape index (κ3) is 2.37. The van der Waals surface area contributed by atoms with Crippen LogP contribution >= 0.6 is 0 Å². The first-order valence-electron chi connectivity index (χ1n) is 5.86. The largest absolute Gasteiger partial charge is 0.479 e. The molecule has 0 saturated carbocycles. The van der Waals surface area contributed by atoms with Gasteiger partial charge in [0.2, 0.25) is 0 Å². The molecule has 1 aromatic carbocycles. The molecule has 0 atom stereocenters. The standard InChI is InChI=1S/C13H13N3O4/c1-13(2,12(17)18)15-8-10(7-14-15)9-3-5-11(6-4-9)16(19)20/h3-8H,1-2H3,(H,17,18). The Morgan fingerprint density at radius 2 is 1.90 bits per heavy atom. The molecule has 0 aliphatic rings. The van der Waals surface area contributed by atoms with Crippen molar-refractivity contribution < 1.29 is 14.8 Å². The quantitative estimate of drug-likeness (QED) is 0.681. The first kappa shape index (κ1) is 13.7. The predicted octanol–water partition coefficient (Wildman–Crippen LogP) is 2.28. The number of carboxylic acid groups (broad SMARTS) is 1. The highest BCUT2D eigenvalue weighted by Gasteiger charge is 2.30. The van der Waals surface area contributed by atoms with Crippen molar-refractivity contribution in [3.8, 4) is 11.1 Å². The minimum absolute atomic E-state index is 0.00649. The molecule has 0 radical (unpaired) electrons. The molecule has 2 aromatic rings. The number of aromatic nitrogens is 2. The number of rotatable bonds is 4. The van der Waals surface area contributed by atoms with Crippen LogP contribution in [0.5, 0.6) is 0 Å². The monoisotopic (exact) mass is 275 g/mol. The third-order valence-electron chi connectivity index (χ3n) is 3.09. The van der Waals surface area contributed by atoms with E-state index >= 15 is 0 Å². The van der Waals surface area contributed by atoms with Gasteiger partial charge in [-0.05, 0) is 31.5 Å². The van der Waals surface area contributed by atoms with Crippen LogP contribution in [-0.2, 0) is 10.3 Å². The summed E-state index contributed by atoms with van der Waals surface area (Å²) in [6.45, 7) is 3.09. The molecule has 0 amide bonds. The van der Waals surface area contributed by atoms with E-state index in [1.807, 2.05) is 0 Å². The average Bonchev–Trinajstić information content (AvgIpc) is 2.88. The number of nitro groups is 1. The Morgan fingerprint density at radius 1 is 1.30 bits per heavy atom. The number of aliphatic carboxylic acids is 1. The summed E-state index contributed by atoms with van der Waals surface area (Å²) in [5, 5.41) is 23.8. The van der Waals surface area contributed by atoms with E-state index in [1.54, 1.807) is 32.2 Å². The lowest BCUT2D eigenvalue weighted by molar-refractivity contribution is -0.384. The number of nitro benzene ring substituents is 1. The van der Waals surface area contributed by atoms with Crippen molar-refractivity contribution in [1.29, 1.82) is 0 Å². The van der Waals surface area contributed by atoms with Crippen LogP contribution in [0, 0.1) is 10.1 Å². The fourth-order valence-electron chi connectivity index (χ4n) is 1.65. The SMILES string of the molecule is CC(C)(C(=O)O)n1cc(-c2ccc([N+](=O)[O-])cc2)cn1. The van der Waals surface area contributed by atoms with Gasteiger partial charge in [0.25, 0.3) is 5.69 Å². The van der Waals surface area contributed by atoms with Gasteiger partial charge in [0.05, 0.1) is 11.1 Å². The molecule has 7 nitrogen and oxygen atoms in total. The molecule has 1 N–H and O–H groups in total. The fourth-order valence-corrected chi connectivity index (χ4v) is 1.65. The third-order valence-corrected chi connectivity index (χ3v) is 3.09. The average molecular weight is 275 g/mol. The molecule has 2 rings (SSSR count). The number of benzene rings is 1. The minimum Gasteiger partial charge on any atom is -0.479 e. The molecule has 0 unspecified atom stereocenters. The van der Waals surface area contributed by atoms with Gasteiger partial charge in [-0.1, -0.05) is 0 Å². The molecule has 1 aromatic heterocycles. The van der Waals surface area contributed by atoms with Crippen molar-refractivity contribution in [3.63, 3.8) is 0 Å². The molecule has 0 bridgehead atoms. The summed E-state index contributed by atoms with van der Waals surface area (Å²) >= 11 is 0. The van der Waals surface area contributed by atoms with Gasteiger partial charge in [-0.2, -0.15) is 5.10 Å². The van der Waals surface area contributed by atoms with Gasteiger partial charge in [-0.25, -0.2) is 4.79 Å². The maximum absolute atomic E-state index is 11.2. The van der Waals surface area contributed by atoms with Crippen LogP contribution in [0.1, 0.15) is 13.8 Å². The van der Waals surface area contributed by atoms with Crippen molar-refractivity contribution in [2.45, 2.75) is 19.4 Å². The molecule has 7 heteroatoms. The van der Waals surface area contributed by atoms with Crippen molar-refractivity contribution in [3.05, 3.63) is 46.8 Å². The molecule has 1 heterocycles. The van der Waals surface area contributed by atoms with E-state index in [2.05, 4.69) is 5.10 Å². The van der Waals surface area contributed by atoms with E-state index in [0.29, 0.717) is 5.56 Å². The van der Waals surface area contributed by atoms with Crippen LogP contribution in [-0.4, -0.2) is 25.8 Å². The normalized spacial score (nSPS) is 11.3. The number of non-ortho nitro benzene ring substituents is 1. The number of carboxylic acids is 1. The molecule has 0 spiro atoms. The van der Waals surface area contributed by atoms with Crippen LogP contribution in [0.25, 0.3) is 11.1 Å². The van der Waals surface area contributed by atoms with Crippen LogP contribution in [0.3, 0.4) is 0 Å². The van der Waals surface area contributed by atoms with Crippen molar-refractivity contribution in [1.82, 2.24) is 9.78 Å². The van der Waals surface area contributed by atoms with Gasteiger partial charge in [0.1, 0.15) is 0 Å². The Kier molecular flexibility index (Phi) is 3.27. The predicted molar refractivity (Wildman–Crippen MR) is 71.3 cm³/mol. The first-order chi connectivity index (χ1) is 9.32. The van der Waals surface area contributed by atoms with E-state index in [4.69, 9.17) is 5.11 Å². The zero-order chi connectivity index (χ0) is 14.9. The van der Waals surface area contributed by atoms with Gasteiger partial charge in [0, 0.05) is 23.9 Å². The summed E-state index contributed by atoms with van der Waals surface area (Å²) in [6.07, 6.45) is 3.14. The Bertz CT molecular complexity index is 659. The lowest BCUT2D eigenvalue weighted by atomic mass is 10.1. The van der Waals surface area contributed by atoms with Crippen molar-refractivity contribution in [2.24, 2.45) is 0 Å². The summed E-state index contributed by atoms with van der Waals surface area (Å²) in [4.78, 5) is 21.3. The van der Waals surface area contributed by atoms with Gasteiger partial charge < -0.3 is 5.11 Å². The molecular weight excluding hydrogens is 262 g/mol. The second-order valence-electron chi connectivity index (χ2n) is 4.84. The molecule has 0 fully saturated rings. The highest BCUT2D eigenvalue weighted by atomic mass is 16.6. The summed E-state index contributed by atoms with van der Waals surface area (Å²) in [6, 6.07) is 6.00. The maximum Gasteiger partial charge on any atom is 0.331 e. The smallest absolute Gasteiger partial charge is 0.331 e.